The number of ether oxygens (including phenoxy) is 2. The summed E-state index contributed by atoms with van der Waals surface area (Å²) >= 11 is 1.40. The van der Waals surface area contributed by atoms with Gasteiger partial charge in [0.15, 0.2) is 5.69 Å². The number of rotatable bonds is 4. The lowest BCUT2D eigenvalue weighted by Gasteiger charge is -2.21. The van der Waals surface area contributed by atoms with Crippen molar-refractivity contribution in [2.24, 2.45) is 0 Å². The number of nitrogens with zero attached hydrogens (tertiary/aromatic N) is 1. The number of hydrogen-bond donors (Lipinski definition) is 1. The molecule has 6 nitrogen and oxygen atoms in total. The second-order valence-corrected chi connectivity index (χ2v) is 7.34. The van der Waals surface area contributed by atoms with E-state index in [1.165, 1.54) is 18.4 Å². The first-order chi connectivity index (χ1) is 10.0. The van der Waals surface area contributed by atoms with Gasteiger partial charge in [-0.15, -0.1) is 11.3 Å². The van der Waals surface area contributed by atoms with Crippen molar-refractivity contribution in [3.63, 3.8) is 0 Å². The van der Waals surface area contributed by atoms with Crippen molar-refractivity contribution in [1.29, 1.82) is 0 Å². The summed E-state index contributed by atoms with van der Waals surface area (Å²) in [6.45, 7) is 11.2. The van der Waals surface area contributed by atoms with Gasteiger partial charge in [0, 0.05) is 4.88 Å². The molecule has 0 aromatic carbocycles. The van der Waals surface area contributed by atoms with Crippen molar-refractivity contribution in [2.45, 2.75) is 59.1 Å². The van der Waals surface area contributed by atoms with E-state index < -0.39 is 17.7 Å². The SMILES string of the molecule is COC(=O)c1nc([C@@H](C)NC(=O)OC(C)(C)C)sc1C(C)C. The molecule has 1 rings (SSSR count). The van der Waals surface area contributed by atoms with Crippen LogP contribution in [-0.2, 0) is 9.47 Å². The standard InChI is InChI=1S/C15H24N2O4S/c1-8(2)11-10(13(18)20-7)17-12(22-11)9(3)16-14(19)21-15(4,5)6/h8-9H,1-7H3,(H,16,19)/t9-/m1/s1. The zero-order chi connectivity index (χ0) is 17.1. The Balaban J connectivity index is 2.92. The Morgan fingerprint density at radius 2 is 1.82 bits per heavy atom. The van der Waals surface area contributed by atoms with Crippen LogP contribution in [0, 0.1) is 0 Å². The average molecular weight is 328 g/mol. The third-order valence-electron chi connectivity index (χ3n) is 2.68. The zero-order valence-corrected chi connectivity index (χ0v) is 15.0. The van der Waals surface area contributed by atoms with E-state index in [-0.39, 0.29) is 12.0 Å². The minimum atomic E-state index is -0.563. The van der Waals surface area contributed by atoms with Crippen LogP contribution in [0.5, 0.6) is 0 Å². The van der Waals surface area contributed by atoms with Crippen LogP contribution in [0.25, 0.3) is 0 Å². The first-order valence-electron chi connectivity index (χ1n) is 7.13. The van der Waals surface area contributed by atoms with Crippen LogP contribution in [0.2, 0.25) is 0 Å². The average Bonchev–Trinajstić information content (AvgIpc) is 2.80. The Bertz CT molecular complexity index is 546. The molecule has 0 unspecified atom stereocenters. The van der Waals surface area contributed by atoms with E-state index in [0.717, 1.165) is 4.88 Å². The molecule has 1 aromatic rings. The number of carbonyl (C=O) groups is 2. The molecular weight excluding hydrogens is 304 g/mol. The molecule has 0 bridgehead atoms. The van der Waals surface area contributed by atoms with E-state index >= 15 is 0 Å². The number of aromatic nitrogens is 1. The van der Waals surface area contributed by atoms with Crippen molar-refractivity contribution in [2.75, 3.05) is 7.11 Å². The van der Waals surface area contributed by atoms with Crippen molar-refractivity contribution >= 4 is 23.4 Å². The lowest BCUT2D eigenvalue weighted by atomic mass is 10.1. The maximum absolute atomic E-state index is 11.8. The van der Waals surface area contributed by atoms with Crippen molar-refractivity contribution < 1.29 is 19.1 Å². The molecule has 1 heterocycles. The molecule has 0 aliphatic heterocycles. The summed E-state index contributed by atoms with van der Waals surface area (Å²) in [6, 6.07) is -0.351. The minimum Gasteiger partial charge on any atom is -0.464 e. The van der Waals surface area contributed by atoms with E-state index in [4.69, 9.17) is 9.47 Å². The lowest BCUT2D eigenvalue weighted by Crippen LogP contribution is -2.34. The molecule has 0 radical (unpaired) electrons. The number of carbonyl (C=O) groups excluding carboxylic acids is 2. The van der Waals surface area contributed by atoms with Gasteiger partial charge in [0.05, 0.1) is 13.2 Å². The van der Waals surface area contributed by atoms with Gasteiger partial charge >= 0.3 is 12.1 Å². The van der Waals surface area contributed by atoms with Gasteiger partial charge in [-0.2, -0.15) is 0 Å². The molecule has 0 fully saturated rings. The summed E-state index contributed by atoms with van der Waals surface area (Å²) < 4.78 is 9.98. The van der Waals surface area contributed by atoms with Crippen LogP contribution in [0.15, 0.2) is 0 Å². The number of amides is 1. The first-order valence-corrected chi connectivity index (χ1v) is 7.95. The molecule has 1 N–H and O–H groups in total. The molecule has 1 atom stereocenters. The Hall–Kier alpha value is -1.63. The van der Waals surface area contributed by atoms with Crippen LogP contribution in [-0.4, -0.2) is 29.8 Å². The number of nitrogens with one attached hydrogen (secondary N) is 1. The second kappa shape index (κ2) is 7.09. The Labute approximate surface area is 135 Å². The fraction of sp³-hybridized carbons (Fsp3) is 0.667. The number of thiazole rings is 1. The fourth-order valence-electron chi connectivity index (χ4n) is 1.71. The maximum atomic E-state index is 11.8. The highest BCUT2D eigenvalue weighted by atomic mass is 32.1. The molecule has 0 saturated carbocycles. The van der Waals surface area contributed by atoms with Gasteiger partial charge in [-0.3, -0.25) is 0 Å². The number of methoxy groups -OCH3 is 1. The molecule has 0 spiro atoms. The summed E-state index contributed by atoms with van der Waals surface area (Å²) in [6.07, 6.45) is -0.513. The third-order valence-corrected chi connectivity index (χ3v) is 4.22. The molecule has 22 heavy (non-hydrogen) atoms. The summed E-state index contributed by atoms with van der Waals surface area (Å²) in [5, 5.41) is 3.37. The second-order valence-electron chi connectivity index (χ2n) is 6.28. The van der Waals surface area contributed by atoms with E-state index in [9.17, 15) is 9.59 Å². The largest absolute Gasteiger partial charge is 0.464 e. The quantitative estimate of drug-likeness (QED) is 0.854. The summed E-state index contributed by atoms with van der Waals surface area (Å²) in [5.74, 6) is -0.315. The molecule has 1 aromatic heterocycles. The van der Waals surface area contributed by atoms with Gasteiger partial charge in [0.1, 0.15) is 10.6 Å². The highest BCUT2D eigenvalue weighted by Crippen LogP contribution is 2.30. The van der Waals surface area contributed by atoms with E-state index in [1.807, 2.05) is 13.8 Å². The number of alkyl carbamates (subject to hydrolysis) is 1. The van der Waals surface area contributed by atoms with Gasteiger partial charge in [0.2, 0.25) is 0 Å². The van der Waals surface area contributed by atoms with E-state index in [1.54, 1.807) is 27.7 Å². The Morgan fingerprint density at radius 3 is 2.27 bits per heavy atom. The first kappa shape index (κ1) is 18.4. The summed E-state index contributed by atoms with van der Waals surface area (Å²) in [5.41, 5.74) is -0.247. The van der Waals surface area contributed by atoms with Crippen LogP contribution in [0.1, 0.15) is 73.9 Å². The third kappa shape index (κ3) is 4.98. The van der Waals surface area contributed by atoms with Gasteiger partial charge in [-0.1, -0.05) is 13.8 Å². The Morgan fingerprint density at radius 1 is 1.23 bits per heavy atom. The van der Waals surface area contributed by atoms with Crippen molar-refractivity contribution in [3.05, 3.63) is 15.6 Å². The van der Waals surface area contributed by atoms with E-state index in [0.29, 0.717) is 10.7 Å². The van der Waals surface area contributed by atoms with E-state index in [2.05, 4.69) is 10.3 Å². The molecule has 1 amide bonds. The predicted molar refractivity (Wildman–Crippen MR) is 85.3 cm³/mol. The zero-order valence-electron chi connectivity index (χ0n) is 14.1. The molecule has 0 aliphatic rings. The molecule has 0 aliphatic carbocycles. The summed E-state index contributed by atoms with van der Waals surface area (Å²) in [4.78, 5) is 28.8. The predicted octanol–water partition coefficient (Wildman–Crippen LogP) is 3.64. The molecule has 7 heteroatoms. The van der Waals surface area contributed by atoms with Crippen LogP contribution in [0.4, 0.5) is 4.79 Å². The van der Waals surface area contributed by atoms with Crippen LogP contribution in [0.3, 0.4) is 0 Å². The fourth-order valence-corrected chi connectivity index (χ4v) is 2.77. The topological polar surface area (TPSA) is 77.5 Å². The van der Waals surface area contributed by atoms with Crippen molar-refractivity contribution in [3.8, 4) is 0 Å². The molecular formula is C15H24N2O4S. The molecule has 0 saturated heterocycles. The van der Waals surface area contributed by atoms with Gasteiger partial charge in [-0.25, -0.2) is 14.6 Å². The smallest absolute Gasteiger partial charge is 0.408 e. The van der Waals surface area contributed by atoms with Gasteiger partial charge in [-0.05, 0) is 33.6 Å². The van der Waals surface area contributed by atoms with Crippen LogP contribution < -0.4 is 5.32 Å². The normalized spacial score (nSPS) is 12.9. The van der Waals surface area contributed by atoms with Gasteiger partial charge < -0.3 is 14.8 Å². The van der Waals surface area contributed by atoms with Crippen LogP contribution >= 0.6 is 11.3 Å². The minimum absolute atomic E-state index is 0.147. The highest BCUT2D eigenvalue weighted by molar-refractivity contribution is 7.12. The van der Waals surface area contributed by atoms with Crippen molar-refractivity contribution in [1.82, 2.24) is 10.3 Å². The maximum Gasteiger partial charge on any atom is 0.408 e. The monoisotopic (exact) mass is 328 g/mol. The highest BCUT2D eigenvalue weighted by Gasteiger charge is 2.25. The number of hydrogen-bond acceptors (Lipinski definition) is 6. The van der Waals surface area contributed by atoms with Gasteiger partial charge in [0.25, 0.3) is 0 Å². The Kier molecular flexibility index (Phi) is 5.93. The number of esters is 1. The lowest BCUT2D eigenvalue weighted by molar-refractivity contribution is 0.0507. The molecule has 124 valence electrons. The summed E-state index contributed by atoms with van der Waals surface area (Å²) in [7, 11) is 1.33.